The van der Waals surface area contributed by atoms with Gasteiger partial charge >= 0.3 is 0 Å². The third kappa shape index (κ3) is 4.00. The number of nitrogens with zero attached hydrogens (tertiary/aromatic N) is 2. The summed E-state index contributed by atoms with van der Waals surface area (Å²) in [5, 5.41) is 4.70. The molecule has 126 valence electrons. The highest BCUT2D eigenvalue weighted by atomic mass is 32.1. The van der Waals surface area contributed by atoms with Crippen molar-refractivity contribution in [3.8, 4) is 0 Å². The predicted molar refractivity (Wildman–Crippen MR) is 95.5 cm³/mol. The SMILES string of the molecule is O=C(Nc1ccsc1C(=O)N1CCCCCCC1)c1ccncc1. The maximum atomic E-state index is 12.8. The number of hydrogen-bond donors (Lipinski definition) is 1. The van der Waals surface area contributed by atoms with Gasteiger partial charge in [0.2, 0.25) is 0 Å². The van der Waals surface area contributed by atoms with E-state index >= 15 is 0 Å². The van der Waals surface area contributed by atoms with E-state index < -0.39 is 0 Å². The van der Waals surface area contributed by atoms with Crippen molar-refractivity contribution in [1.82, 2.24) is 9.88 Å². The van der Waals surface area contributed by atoms with Crippen molar-refractivity contribution in [3.63, 3.8) is 0 Å². The van der Waals surface area contributed by atoms with Crippen molar-refractivity contribution >= 4 is 28.8 Å². The van der Waals surface area contributed by atoms with Crippen LogP contribution in [0.4, 0.5) is 5.69 Å². The highest BCUT2D eigenvalue weighted by Gasteiger charge is 2.22. The quantitative estimate of drug-likeness (QED) is 0.922. The molecule has 0 aromatic carbocycles. The Kier molecular flexibility index (Phi) is 5.59. The molecule has 24 heavy (non-hydrogen) atoms. The van der Waals surface area contributed by atoms with Crippen molar-refractivity contribution < 1.29 is 9.59 Å². The summed E-state index contributed by atoms with van der Waals surface area (Å²) in [7, 11) is 0. The van der Waals surface area contributed by atoms with Gasteiger partial charge < -0.3 is 10.2 Å². The Morgan fingerprint density at radius 3 is 2.38 bits per heavy atom. The fraction of sp³-hybridized carbons (Fsp3) is 0.389. The maximum absolute atomic E-state index is 12.8. The monoisotopic (exact) mass is 343 g/mol. The third-order valence-corrected chi connectivity index (χ3v) is 5.10. The Balaban J connectivity index is 1.72. The lowest BCUT2D eigenvalue weighted by atomic mass is 10.1. The largest absolute Gasteiger partial charge is 0.338 e. The zero-order valence-electron chi connectivity index (χ0n) is 13.5. The van der Waals surface area contributed by atoms with Crippen LogP contribution in [0, 0.1) is 0 Å². The van der Waals surface area contributed by atoms with Crippen LogP contribution in [0.15, 0.2) is 36.0 Å². The number of anilines is 1. The maximum Gasteiger partial charge on any atom is 0.266 e. The Hall–Kier alpha value is -2.21. The van der Waals surface area contributed by atoms with Crippen molar-refractivity contribution in [2.24, 2.45) is 0 Å². The lowest BCUT2D eigenvalue weighted by molar-refractivity contribution is 0.0748. The van der Waals surface area contributed by atoms with E-state index in [-0.39, 0.29) is 11.8 Å². The van der Waals surface area contributed by atoms with Gasteiger partial charge in [0, 0.05) is 31.0 Å². The summed E-state index contributed by atoms with van der Waals surface area (Å²) in [5.74, 6) is -0.200. The van der Waals surface area contributed by atoms with Crippen LogP contribution in [0.3, 0.4) is 0 Å². The summed E-state index contributed by atoms with van der Waals surface area (Å²) < 4.78 is 0. The van der Waals surface area contributed by atoms with Crippen LogP contribution >= 0.6 is 11.3 Å². The molecule has 1 saturated heterocycles. The fourth-order valence-corrected chi connectivity index (χ4v) is 3.68. The van der Waals surface area contributed by atoms with Crippen LogP contribution in [0.25, 0.3) is 0 Å². The van der Waals surface area contributed by atoms with Crippen LogP contribution in [0.5, 0.6) is 0 Å². The molecule has 0 spiro atoms. The van der Waals surface area contributed by atoms with E-state index in [1.54, 1.807) is 30.6 Å². The Morgan fingerprint density at radius 2 is 1.67 bits per heavy atom. The highest BCUT2D eigenvalue weighted by Crippen LogP contribution is 2.25. The first-order valence-electron chi connectivity index (χ1n) is 8.34. The Morgan fingerprint density at radius 1 is 1.00 bits per heavy atom. The van der Waals surface area contributed by atoms with Crippen molar-refractivity contribution in [2.75, 3.05) is 18.4 Å². The Bertz CT molecular complexity index is 691. The van der Waals surface area contributed by atoms with Crippen LogP contribution < -0.4 is 5.32 Å². The number of amides is 2. The van der Waals surface area contributed by atoms with E-state index in [2.05, 4.69) is 10.3 Å². The number of pyridine rings is 1. The molecule has 1 aliphatic rings. The van der Waals surface area contributed by atoms with Crippen molar-refractivity contribution in [2.45, 2.75) is 32.1 Å². The van der Waals surface area contributed by atoms with Gasteiger partial charge in [-0.2, -0.15) is 0 Å². The van der Waals surface area contributed by atoms with Gasteiger partial charge in [-0.3, -0.25) is 14.6 Å². The minimum Gasteiger partial charge on any atom is -0.338 e. The molecule has 5 nitrogen and oxygen atoms in total. The second kappa shape index (κ2) is 8.06. The first-order valence-corrected chi connectivity index (χ1v) is 9.22. The third-order valence-electron chi connectivity index (χ3n) is 4.19. The van der Waals surface area contributed by atoms with E-state index in [4.69, 9.17) is 0 Å². The minimum atomic E-state index is -0.225. The molecule has 0 radical (unpaired) electrons. The normalized spacial score (nSPS) is 15.4. The van der Waals surface area contributed by atoms with E-state index in [9.17, 15) is 9.59 Å². The Labute approximate surface area is 145 Å². The van der Waals surface area contributed by atoms with Crippen LogP contribution in [0.1, 0.15) is 52.1 Å². The van der Waals surface area contributed by atoms with Gasteiger partial charge in [-0.25, -0.2) is 0 Å². The number of thiophene rings is 1. The van der Waals surface area contributed by atoms with E-state index in [1.807, 2.05) is 10.3 Å². The summed E-state index contributed by atoms with van der Waals surface area (Å²) in [6.45, 7) is 1.60. The van der Waals surface area contributed by atoms with Gasteiger partial charge in [0.25, 0.3) is 11.8 Å². The molecular formula is C18H21N3O2S. The fourth-order valence-electron chi connectivity index (χ4n) is 2.87. The molecule has 2 aromatic heterocycles. The standard InChI is InChI=1S/C18H21N3O2S/c22-17(14-6-9-19-10-7-14)20-15-8-13-24-16(15)18(23)21-11-4-2-1-3-5-12-21/h6-10,13H,1-5,11-12H2,(H,20,22). The van der Waals surface area contributed by atoms with Gasteiger partial charge in [-0.05, 0) is 36.4 Å². The average Bonchev–Trinajstić information content (AvgIpc) is 3.03. The molecule has 0 aliphatic carbocycles. The number of carbonyl (C=O) groups excluding carboxylic acids is 2. The predicted octanol–water partition coefficient (Wildman–Crippen LogP) is 3.80. The molecule has 1 aliphatic heterocycles. The van der Waals surface area contributed by atoms with Gasteiger partial charge in [0.05, 0.1) is 5.69 Å². The average molecular weight is 343 g/mol. The molecule has 2 amide bonds. The molecular weight excluding hydrogens is 322 g/mol. The number of carbonyl (C=O) groups is 2. The van der Waals surface area contributed by atoms with Crippen molar-refractivity contribution in [3.05, 3.63) is 46.4 Å². The summed E-state index contributed by atoms with van der Waals surface area (Å²) in [6, 6.07) is 5.10. The molecule has 0 bridgehead atoms. The number of likely N-dealkylation sites (tertiary alicyclic amines) is 1. The van der Waals surface area contributed by atoms with Gasteiger partial charge in [0.1, 0.15) is 4.88 Å². The highest BCUT2D eigenvalue weighted by molar-refractivity contribution is 7.12. The summed E-state index contributed by atoms with van der Waals surface area (Å²) in [4.78, 5) is 31.6. The molecule has 1 N–H and O–H groups in total. The molecule has 6 heteroatoms. The zero-order valence-corrected chi connectivity index (χ0v) is 14.3. The lowest BCUT2D eigenvalue weighted by Crippen LogP contribution is -2.33. The topological polar surface area (TPSA) is 62.3 Å². The van der Waals surface area contributed by atoms with Gasteiger partial charge in [0.15, 0.2) is 0 Å². The van der Waals surface area contributed by atoms with E-state index in [1.165, 1.54) is 30.6 Å². The molecule has 3 rings (SSSR count). The first kappa shape index (κ1) is 16.6. The molecule has 2 aromatic rings. The van der Waals surface area contributed by atoms with Crippen LogP contribution in [-0.4, -0.2) is 34.8 Å². The van der Waals surface area contributed by atoms with E-state index in [0.29, 0.717) is 16.1 Å². The summed E-state index contributed by atoms with van der Waals surface area (Å²) in [5.41, 5.74) is 1.12. The summed E-state index contributed by atoms with van der Waals surface area (Å²) in [6.07, 6.45) is 8.88. The number of hydrogen-bond acceptors (Lipinski definition) is 4. The van der Waals surface area contributed by atoms with Crippen LogP contribution in [-0.2, 0) is 0 Å². The zero-order chi connectivity index (χ0) is 16.8. The lowest BCUT2D eigenvalue weighted by Gasteiger charge is -2.24. The summed E-state index contributed by atoms with van der Waals surface area (Å²) >= 11 is 1.38. The minimum absolute atomic E-state index is 0.0249. The second-order valence-electron chi connectivity index (χ2n) is 5.91. The van der Waals surface area contributed by atoms with Gasteiger partial charge in [-0.15, -0.1) is 11.3 Å². The molecule has 0 saturated carbocycles. The van der Waals surface area contributed by atoms with Crippen LogP contribution in [0.2, 0.25) is 0 Å². The molecule has 3 heterocycles. The van der Waals surface area contributed by atoms with Gasteiger partial charge in [-0.1, -0.05) is 19.3 Å². The number of aromatic nitrogens is 1. The number of nitrogens with one attached hydrogen (secondary N) is 1. The van der Waals surface area contributed by atoms with E-state index in [0.717, 1.165) is 25.9 Å². The first-order chi connectivity index (χ1) is 11.8. The molecule has 0 unspecified atom stereocenters. The molecule has 1 fully saturated rings. The van der Waals surface area contributed by atoms with Crippen molar-refractivity contribution in [1.29, 1.82) is 0 Å². The second-order valence-corrected chi connectivity index (χ2v) is 6.83. The number of rotatable bonds is 3. The smallest absolute Gasteiger partial charge is 0.266 e. The molecule has 0 atom stereocenters.